The molecule has 0 bridgehead atoms. The Morgan fingerprint density at radius 2 is 1.59 bits per heavy atom. The first-order valence-electron chi connectivity index (χ1n) is 11.0. The van der Waals surface area contributed by atoms with Crippen LogP contribution < -0.4 is 16.0 Å². The van der Waals surface area contributed by atoms with Crippen LogP contribution in [0.4, 0.5) is 38.1 Å². The number of benzene rings is 2. The van der Waals surface area contributed by atoms with Gasteiger partial charge in [-0.15, -0.1) is 0 Å². The highest BCUT2D eigenvalue weighted by molar-refractivity contribution is 6.36. The number of imide groups is 1. The third kappa shape index (κ3) is 7.37. The van der Waals surface area contributed by atoms with Gasteiger partial charge in [0.1, 0.15) is 17.1 Å². The third-order valence-corrected chi connectivity index (χ3v) is 5.77. The van der Waals surface area contributed by atoms with Gasteiger partial charge >= 0.3 is 18.2 Å². The summed E-state index contributed by atoms with van der Waals surface area (Å²) in [6.07, 6.45) is -5.45. The fourth-order valence-electron chi connectivity index (χ4n) is 3.28. The molecule has 1 heterocycles. The normalized spacial score (nSPS) is 11.1. The van der Waals surface area contributed by atoms with Crippen LogP contribution in [0.2, 0.25) is 10.0 Å². The van der Waals surface area contributed by atoms with Gasteiger partial charge in [0.2, 0.25) is 5.91 Å². The molecule has 41 heavy (non-hydrogen) atoms. The van der Waals surface area contributed by atoms with Gasteiger partial charge in [-0.3, -0.25) is 24.7 Å². The van der Waals surface area contributed by atoms with Crippen molar-refractivity contribution in [2.24, 2.45) is 0 Å². The molecular weight excluding hydrogens is 606 g/mol. The summed E-state index contributed by atoms with van der Waals surface area (Å²) < 4.78 is 67.9. The second kappa shape index (κ2) is 12.3. The van der Waals surface area contributed by atoms with Crippen molar-refractivity contribution in [3.8, 4) is 17.0 Å². The lowest BCUT2D eigenvalue weighted by atomic mass is 10.1. The van der Waals surface area contributed by atoms with E-state index in [9.17, 15) is 46.2 Å². The summed E-state index contributed by atoms with van der Waals surface area (Å²) in [6, 6.07) is 2.66. The zero-order chi connectivity index (χ0) is 30.6. The van der Waals surface area contributed by atoms with Crippen molar-refractivity contribution in [1.29, 1.82) is 0 Å². The van der Waals surface area contributed by atoms with Gasteiger partial charge in [0.25, 0.3) is 5.91 Å². The van der Waals surface area contributed by atoms with Crippen molar-refractivity contribution in [2.45, 2.75) is 19.0 Å². The number of hydrogen-bond donors (Lipinski definition) is 5. The zero-order valence-corrected chi connectivity index (χ0v) is 21.5. The number of aromatic hydroxyl groups is 1. The Morgan fingerprint density at radius 3 is 2.20 bits per heavy atom. The minimum absolute atomic E-state index is 0.231. The summed E-state index contributed by atoms with van der Waals surface area (Å²) in [7, 11) is 0. The van der Waals surface area contributed by atoms with E-state index in [0.29, 0.717) is 18.3 Å². The maximum Gasteiger partial charge on any atom is 0.417 e. The lowest BCUT2D eigenvalue weighted by Crippen LogP contribution is -2.35. The lowest BCUT2D eigenvalue weighted by molar-refractivity contribution is -0.138. The van der Waals surface area contributed by atoms with Gasteiger partial charge in [-0.25, -0.2) is 13.6 Å². The molecule has 5 N–H and O–H groups in total. The molecule has 0 aliphatic carbocycles. The molecule has 216 valence electrons. The number of aliphatic carboxylic acids is 1. The summed E-state index contributed by atoms with van der Waals surface area (Å²) in [5.74, 6) is -7.67. The number of amides is 4. The van der Waals surface area contributed by atoms with E-state index in [4.69, 9.17) is 28.3 Å². The average molecular weight is 621 g/mol. The van der Waals surface area contributed by atoms with Crippen molar-refractivity contribution >= 4 is 58.4 Å². The molecule has 1 aromatic heterocycles. The highest BCUT2D eigenvalue weighted by Crippen LogP contribution is 2.43. The minimum Gasteiger partial charge on any atom is -0.505 e. The predicted octanol–water partition coefficient (Wildman–Crippen LogP) is 5.82. The van der Waals surface area contributed by atoms with Crippen LogP contribution >= 0.6 is 23.2 Å². The van der Waals surface area contributed by atoms with Crippen LogP contribution in [-0.4, -0.2) is 39.0 Å². The maximum atomic E-state index is 14.8. The van der Waals surface area contributed by atoms with Crippen molar-refractivity contribution in [1.82, 2.24) is 10.3 Å². The number of urea groups is 1. The standard InChI is InChI=1S/C24H15Cl2F5N4O6/c25-10-1-3-14(21(39)17(10)20-11(26)7-9(8-32-20)24(29,30)31)34-23(41)35-22(40)18-12(27)2-4-13(19(18)28)33-15(36)5-6-16(37)38/h1-4,7-8,39H,5-6H2,(H,33,36)(H,37,38)(H2,34,35,40,41). The van der Waals surface area contributed by atoms with Crippen LogP contribution in [0.3, 0.4) is 0 Å². The topological polar surface area (TPSA) is 158 Å². The SMILES string of the molecule is O=C(O)CCC(=O)Nc1ccc(F)c(C(=O)NC(=O)Nc2ccc(Cl)c(-c3ncc(C(F)(F)F)cc3Cl)c2O)c1F. The zero-order valence-electron chi connectivity index (χ0n) is 20.0. The van der Waals surface area contributed by atoms with Crippen LogP contribution in [0.25, 0.3) is 11.3 Å². The minimum atomic E-state index is -4.76. The Hall–Kier alpha value is -4.50. The molecule has 0 aliphatic rings. The largest absolute Gasteiger partial charge is 0.505 e. The molecule has 0 saturated heterocycles. The number of alkyl halides is 3. The average Bonchev–Trinajstić information content (AvgIpc) is 2.86. The van der Waals surface area contributed by atoms with Crippen molar-refractivity contribution < 1.29 is 51.3 Å². The summed E-state index contributed by atoms with van der Waals surface area (Å²) in [6.45, 7) is 0. The molecule has 3 aromatic rings. The van der Waals surface area contributed by atoms with E-state index in [2.05, 4.69) is 4.98 Å². The Morgan fingerprint density at radius 1 is 0.927 bits per heavy atom. The first-order valence-corrected chi connectivity index (χ1v) is 11.7. The van der Waals surface area contributed by atoms with Gasteiger partial charge in [0.05, 0.1) is 44.7 Å². The first-order chi connectivity index (χ1) is 19.1. The number of aromatic nitrogens is 1. The molecule has 0 aliphatic heterocycles. The highest BCUT2D eigenvalue weighted by atomic mass is 35.5. The van der Waals surface area contributed by atoms with E-state index in [0.717, 1.165) is 18.2 Å². The third-order valence-electron chi connectivity index (χ3n) is 5.17. The quantitative estimate of drug-likeness (QED) is 0.164. The molecule has 17 heteroatoms. The molecule has 0 radical (unpaired) electrons. The number of phenolic OH excluding ortho intramolecular Hbond substituents is 1. The Balaban J connectivity index is 1.82. The molecule has 0 fully saturated rings. The van der Waals surface area contributed by atoms with E-state index in [1.165, 1.54) is 0 Å². The van der Waals surface area contributed by atoms with Crippen molar-refractivity contribution in [2.75, 3.05) is 10.6 Å². The Bertz CT molecular complexity index is 1570. The molecule has 4 amide bonds. The van der Waals surface area contributed by atoms with Gasteiger partial charge in [0.15, 0.2) is 5.82 Å². The van der Waals surface area contributed by atoms with E-state index in [1.807, 2.05) is 10.6 Å². The second-order valence-electron chi connectivity index (χ2n) is 8.00. The number of pyridine rings is 1. The molecule has 3 rings (SSSR count). The second-order valence-corrected chi connectivity index (χ2v) is 8.82. The van der Waals surface area contributed by atoms with E-state index < -0.39 is 87.7 Å². The molecule has 2 aromatic carbocycles. The number of halogens is 7. The Labute approximate surface area is 236 Å². The monoisotopic (exact) mass is 620 g/mol. The number of carbonyl (C=O) groups excluding carboxylic acids is 3. The molecule has 0 atom stereocenters. The molecule has 0 saturated carbocycles. The molecular formula is C24H15Cl2F5N4O6. The van der Waals surface area contributed by atoms with Crippen molar-refractivity contribution in [3.05, 3.63) is 69.3 Å². The number of carboxylic acids is 1. The van der Waals surface area contributed by atoms with Crippen LogP contribution in [0.15, 0.2) is 36.5 Å². The van der Waals surface area contributed by atoms with Crippen molar-refractivity contribution in [3.63, 3.8) is 0 Å². The van der Waals surface area contributed by atoms with E-state index in [1.54, 1.807) is 5.32 Å². The van der Waals surface area contributed by atoms with Gasteiger partial charge in [0, 0.05) is 12.6 Å². The summed E-state index contributed by atoms with van der Waals surface area (Å²) >= 11 is 12.0. The van der Waals surface area contributed by atoms with Gasteiger partial charge in [-0.1, -0.05) is 23.2 Å². The first kappa shape index (κ1) is 31.0. The van der Waals surface area contributed by atoms with Crippen LogP contribution in [0.1, 0.15) is 28.8 Å². The summed E-state index contributed by atoms with van der Waals surface area (Å²) in [4.78, 5) is 50.8. The van der Waals surface area contributed by atoms with E-state index in [-0.39, 0.29) is 16.3 Å². The summed E-state index contributed by atoms with van der Waals surface area (Å²) in [5.41, 5.74) is -4.34. The molecule has 0 unspecified atom stereocenters. The predicted molar refractivity (Wildman–Crippen MR) is 135 cm³/mol. The number of nitrogens with one attached hydrogen (secondary N) is 3. The fourth-order valence-corrected chi connectivity index (χ4v) is 3.78. The smallest absolute Gasteiger partial charge is 0.417 e. The number of phenols is 1. The Kier molecular flexibility index (Phi) is 9.35. The highest BCUT2D eigenvalue weighted by Gasteiger charge is 2.32. The lowest BCUT2D eigenvalue weighted by Gasteiger charge is -2.15. The van der Waals surface area contributed by atoms with Crippen LogP contribution in [0, 0.1) is 11.6 Å². The van der Waals surface area contributed by atoms with Gasteiger partial charge in [-0.05, 0) is 30.3 Å². The number of nitrogens with zero attached hydrogens (tertiary/aromatic N) is 1. The van der Waals surface area contributed by atoms with Gasteiger partial charge in [-0.2, -0.15) is 13.2 Å². The van der Waals surface area contributed by atoms with Crippen LogP contribution in [-0.2, 0) is 15.8 Å². The number of carboxylic acid groups (broad SMARTS) is 1. The molecule has 0 spiro atoms. The molecule has 10 nitrogen and oxygen atoms in total. The number of rotatable bonds is 7. The maximum absolute atomic E-state index is 14.8. The summed E-state index contributed by atoms with van der Waals surface area (Å²) in [5, 5.41) is 24.1. The number of anilines is 2. The number of carbonyl (C=O) groups is 4. The van der Waals surface area contributed by atoms with E-state index >= 15 is 0 Å². The fraction of sp³-hybridized carbons (Fsp3) is 0.125. The number of hydrogen-bond acceptors (Lipinski definition) is 6. The van der Waals surface area contributed by atoms with Crippen LogP contribution in [0.5, 0.6) is 5.75 Å². The van der Waals surface area contributed by atoms with Gasteiger partial charge < -0.3 is 20.8 Å².